The smallest absolute Gasteiger partial charge is 0.324 e. The molecule has 0 amide bonds. The number of carbonyl (C=O) groups is 1. The lowest BCUT2D eigenvalue weighted by molar-refractivity contribution is -0.121. The molecule has 0 saturated heterocycles. The predicted octanol–water partition coefficient (Wildman–Crippen LogP) is 1.17. The SMILES string of the molecule is CC(C)C(=O)CCCP(=O)(O)O. The van der Waals surface area contributed by atoms with Crippen molar-refractivity contribution in [3.8, 4) is 0 Å². The standard InChI is InChI=1S/C7H15O4P/c1-6(2)7(8)4-3-5-12(9,10)11/h6H,3-5H2,1-2H3,(H2,9,10,11). The van der Waals surface area contributed by atoms with E-state index >= 15 is 0 Å². The lowest BCUT2D eigenvalue weighted by atomic mass is 10.1. The third kappa shape index (κ3) is 6.53. The Morgan fingerprint density at radius 2 is 1.92 bits per heavy atom. The molecular formula is C7H15O4P. The predicted molar refractivity (Wildman–Crippen MR) is 46.0 cm³/mol. The second-order valence-corrected chi connectivity index (χ2v) is 4.89. The van der Waals surface area contributed by atoms with Crippen LogP contribution in [0, 0.1) is 5.92 Å². The van der Waals surface area contributed by atoms with Gasteiger partial charge in [-0.2, -0.15) is 0 Å². The van der Waals surface area contributed by atoms with Gasteiger partial charge in [-0.3, -0.25) is 9.36 Å². The van der Waals surface area contributed by atoms with E-state index in [1.807, 2.05) is 0 Å². The van der Waals surface area contributed by atoms with Crippen molar-refractivity contribution >= 4 is 13.4 Å². The minimum Gasteiger partial charge on any atom is -0.324 e. The van der Waals surface area contributed by atoms with Gasteiger partial charge in [0.15, 0.2) is 0 Å². The molecule has 0 rings (SSSR count). The van der Waals surface area contributed by atoms with Crippen LogP contribution >= 0.6 is 7.60 Å². The second kappa shape index (κ2) is 4.75. The fourth-order valence-electron chi connectivity index (χ4n) is 0.748. The van der Waals surface area contributed by atoms with Crippen molar-refractivity contribution in [1.82, 2.24) is 0 Å². The molecule has 0 bridgehead atoms. The third-order valence-electron chi connectivity index (χ3n) is 1.52. The minimum atomic E-state index is -3.90. The number of Topliss-reactive ketones (excluding diaryl/α,β-unsaturated/α-hetero) is 1. The molecule has 0 aromatic carbocycles. The summed E-state index contributed by atoms with van der Waals surface area (Å²) in [6.45, 7) is 3.56. The number of hydrogen-bond donors (Lipinski definition) is 2. The molecule has 12 heavy (non-hydrogen) atoms. The first-order chi connectivity index (χ1) is 5.33. The highest BCUT2D eigenvalue weighted by atomic mass is 31.2. The summed E-state index contributed by atoms with van der Waals surface area (Å²) in [5.41, 5.74) is 0. The summed E-state index contributed by atoms with van der Waals surface area (Å²) in [5.74, 6) is 0.0187. The van der Waals surface area contributed by atoms with Gasteiger partial charge >= 0.3 is 7.60 Å². The zero-order chi connectivity index (χ0) is 9.78. The van der Waals surface area contributed by atoms with Gasteiger partial charge in [-0.05, 0) is 6.42 Å². The average molecular weight is 194 g/mol. The van der Waals surface area contributed by atoms with E-state index in [9.17, 15) is 9.36 Å². The third-order valence-corrected chi connectivity index (χ3v) is 2.42. The Morgan fingerprint density at radius 3 is 2.25 bits per heavy atom. The van der Waals surface area contributed by atoms with E-state index in [4.69, 9.17) is 9.79 Å². The van der Waals surface area contributed by atoms with Crippen molar-refractivity contribution in [1.29, 1.82) is 0 Å². The van der Waals surface area contributed by atoms with E-state index in [1.165, 1.54) is 0 Å². The van der Waals surface area contributed by atoms with Gasteiger partial charge in [0.25, 0.3) is 0 Å². The Bertz CT molecular complexity index is 194. The van der Waals surface area contributed by atoms with Gasteiger partial charge in [-0.25, -0.2) is 0 Å². The molecule has 0 aliphatic rings. The molecule has 2 N–H and O–H groups in total. The zero-order valence-electron chi connectivity index (χ0n) is 7.36. The lowest BCUT2D eigenvalue weighted by Crippen LogP contribution is -2.07. The molecule has 4 nitrogen and oxygen atoms in total. The molecular weight excluding hydrogens is 179 g/mol. The van der Waals surface area contributed by atoms with E-state index in [0.717, 1.165) is 0 Å². The molecule has 0 aromatic rings. The van der Waals surface area contributed by atoms with Crippen LogP contribution in [0.3, 0.4) is 0 Å². The molecule has 0 spiro atoms. The topological polar surface area (TPSA) is 74.6 Å². The van der Waals surface area contributed by atoms with Crippen molar-refractivity contribution < 1.29 is 19.1 Å². The highest BCUT2D eigenvalue weighted by Crippen LogP contribution is 2.35. The van der Waals surface area contributed by atoms with E-state index in [-0.39, 0.29) is 30.7 Å². The molecule has 0 radical (unpaired) electrons. The van der Waals surface area contributed by atoms with Gasteiger partial charge in [0, 0.05) is 12.3 Å². The summed E-state index contributed by atoms with van der Waals surface area (Å²) in [4.78, 5) is 27.9. The maximum Gasteiger partial charge on any atom is 0.325 e. The van der Waals surface area contributed by atoms with Gasteiger partial charge in [0.2, 0.25) is 0 Å². The molecule has 0 aromatic heterocycles. The van der Waals surface area contributed by atoms with E-state index in [1.54, 1.807) is 13.8 Å². The first-order valence-electron chi connectivity index (χ1n) is 3.90. The van der Waals surface area contributed by atoms with E-state index in [0.29, 0.717) is 0 Å². The number of carbonyl (C=O) groups excluding carboxylic acids is 1. The Hall–Kier alpha value is -0.180. The van der Waals surface area contributed by atoms with Gasteiger partial charge in [0.05, 0.1) is 6.16 Å². The maximum atomic E-state index is 11.0. The first-order valence-corrected chi connectivity index (χ1v) is 5.70. The molecule has 0 aliphatic carbocycles. The summed E-state index contributed by atoms with van der Waals surface area (Å²) >= 11 is 0. The van der Waals surface area contributed by atoms with Crippen molar-refractivity contribution in [2.24, 2.45) is 5.92 Å². The Kier molecular flexibility index (Phi) is 4.68. The van der Waals surface area contributed by atoms with Crippen LogP contribution in [0.5, 0.6) is 0 Å². The summed E-state index contributed by atoms with van der Waals surface area (Å²) in [6.07, 6.45) is 0.357. The lowest BCUT2D eigenvalue weighted by Gasteiger charge is -2.04. The van der Waals surface area contributed by atoms with Crippen LogP contribution in [0.2, 0.25) is 0 Å². The Labute approximate surface area is 72.1 Å². The summed E-state index contributed by atoms with van der Waals surface area (Å²) in [6, 6.07) is 0. The van der Waals surface area contributed by atoms with Crippen LogP contribution < -0.4 is 0 Å². The van der Waals surface area contributed by atoms with Crippen LogP contribution in [-0.2, 0) is 9.36 Å². The average Bonchev–Trinajstić information content (AvgIpc) is 1.84. The van der Waals surface area contributed by atoms with Gasteiger partial charge in [-0.15, -0.1) is 0 Å². The number of hydrogen-bond acceptors (Lipinski definition) is 2. The Morgan fingerprint density at radius 1 is 1.42 bits per heavy atom. The fraction of sp³-hybridized carbons (Fsp3) is 0.857. The van der Waals surface area contributed by atoms with Gasteiger partial charge in [-0.1, -0.05) is 13.8 Å². The van der Waals surface area contributed by atoms with Gasteiger partial charge < -0.3 is 9.79 Å². The van der Waals surface area contributed by atoms with Crippen LogP contribution in [0.4, 0.5) is 0 Å². The van der Waals surface area contributed by atoms with Crippen molar-refractivity contribution in [3.05, 3.63) is 0 Å². The van der Waals surface area contributed by atoms with Crippen molar-refractivity contribution in [2.75, 3.05) is 6.16 Å². The molecule has 0 fully saturated rings. The number of rotatable bonds is 5. The summed E-state index contributed by atoms with van der Waals surface area (Å²) in [5, 5.41) is 0. The van der Waals surface area contributed by atoms with Crippen LogP contribution in [0.1, 0.15) is 26.7 Å². The molecule has 0 atom stereocenters. The van der Waals surface area contributed by atoms with Gasteiger partial charge in [0.1, 0.15) is 5.78 Å². The quantitative estimate of drug-likeness (QED) is 0.644. The minimum absolute atomic E-state index is 0.0400. The zero-order valence-corrected chi connectivity index (χ0v) is 8.25. The number of ketones is 1. The molecule has 0 aliphatic heterocycles. The fourth-order valence-corrected chi connectivity index (χ4v) is 1.32. The molecule has 0 heterocycles. The summed E-state index contributed by atoms with van der Waals surface area (Å²) < 4.78 is 10.4. The molecule has 0 saturated carbocycles. The maximum absolute atomic E-state index is 11.0. The van der Waals surface area contributed by atoms with Crippen LogP contribution in [-0.4, -0.2) is 21.7 Å². The van der Waals surface area contributed by atoms with Crippen LogP contribution in [0.25, 0.3) is 0 Å². The monoisotopic (exact) mass is 194 g/mol. The van der Waals surface area contributed by atoms with Crippen LogP contribution in [0.15, 0.2) is 0 Å². The normalized spacial score (nSPS) is 12.1. The second-order valence-electron chi connectivity index (χ2n) is 3.11. The van der Waals surface area contributed by atoms with Crippen molar-refractivity contribution in [2.45, 2.75) is 26.7 Å². The van der Waals surface area contributed by atoms with E-state index in [2.05, 4.69) is 0 Å². The highest BCUT2D eigenvalue weighted by Gasteiger charge is 2.14. The molecule has 5 heteroatoms. The molecule has 0 unspecified atom stereocenters. The molecule has 72 valence electrons. The first kappa shape index (κ1) is 11.8. The van der Waals surface area contributed by atoms with E-state index < -0.39 is 7.60 Å². The largest absolute Gasteiger partial charge is 0.325 e. The van der Waals surface area contributed by atoms with Crippen molar-refractivity contribution in [3.63, 3.8) is 0 Å². The highest BCUT2D eigenvalue weighted by molar-refractivity contribution is 7.51. The summed E-state index contributed by atoms with van der Waals surface area (Å²) in [7, 11) is -3.90. The Balaban J connectivity index is 3.58.